The SMILES string of the molecule is CCCOc1ccc(-c2nc(C(=O)N3CCNCC3C)cs2)cc1. The Balaban J connectivity index is 1.71. The number of benzene rings is 1. The third-order valence-electron chi connectivity index (χ3n) is 4.06. The molecule has 1 fully saturated rings. The van der Waals surface area contributed by atoms with Crippen molar-refractivity contribution in [3.8, 4) is 16.3 Å². The third kappa shape index (κ3) is 3.76. The van der Waals surface area contributed by atoms with Crippen LogP contribution in [-0.4, -0.2) is 48.1 Å². The summed E-state index contributed by atoms with van der Waals surface area (Å²) in [5, 5.41) is 6.02. The van der Waals surface area contributed by atoms with E-state index in [-0.39, 0.29) is 11.9 Å². The maximum absolute atomic E-state index is 12.6. The Hall–Kier alpha value is -1.92. The van der Waals surface area contributed by atoms with Crippen molar-refractivity contribution in [1.82, 2.24) is 15.2 Å². The second-order valence-electron chi connectivity index (χ2n) is 5.96. The van der Waals surface area contributed by atoms with Crippen molar-refractivity contribution in [2.24, 2.45) is 0 Å². The van der Waals surface area contributed by atoms with Crippen molar-refractivity contribution in [2.75, 3.05) is 26.2 Å². The molecule has 1 atom stereocenters. The van der Waals surface area contributed by atoms with Crippen LogP contribution in [0.1, 0.15) is 30.8 Å². The lowest BCUT2D eigenvalue weighted by Gasteiger charge is -2.33. The third-order valence-corrected chi connectivity index (χ3v) is 4.95. The van der Waals surface area contributed by atoms with Gasteiger partial charge in [-0.25, -0.2) is 4.98 Å². The molecular formula is C18H23N3O2S. The average molecular weight is 345 g/mol. The topological polar surface area (TPSA) is 54.5 Å². The fraction of sp³-hybridized carbons (Fsp3) is 0.444. The molecule has 2 aromatic rings. The molecule has 6 heteroatoms. The monoisotopic (exact) mass is 345 g/mol. The highest BCUT2D eigenvalue weighted by atomic mass is 32.1. The van der Waals surface area contributed by atoms with Crippen molar-refractivity contribution < 1.29 is 9.53 Å². The molecule has 0 radical (unpaired) electrons. The first-order valence-electron chi connectivity index (χ1n) is 8.39. The van der Waals surface area contributed by atoms with Crippen molar-refractivity contribution in [3.05, 3.63) is 35.3 Å². The number of hydrogen-bond donors (Lipinski definition) is 1. The number of amides is 1. The number of nitrogens with zero attached hydrogens (tertiary/aromatic N) is 2. The molecule has 1 aliphatic rings. The number of aromatic nitrogens is 1. The molecule has 1 aromatic carbocycles. The average Bonchev–Trinajstić information content (AvgIpc) is 3.10. The molecule has 5 nitrogen and oxygen atoms in total. The fourth-order valence-corrected chi connectivity index (χ4v) is 3.51. The van der Waals surface area contributed by atoms with Crippen LogP contribution >= 0.6 is 11.3 Å². The first-order valence-corrected chi connectivity index (χ1v) is 9.27. The molecule has 1 aromatic heterocycles. The molecule has 1 saturated heterocycles. The molecular weight excluding hydrogens is 322 g/mol. The Labute approximate surface area is 146 Å². The minimum Gasteiger partial charge on any atom is -0.494 e. The van der Waals surface area contributed by atoms with E-state index in [0.29, 0.717) is 5.69 Å². The predicted octanol–water partition coefficient (Wildman–Crippen LogP) is 3.03. The predicted molar refractivity (Wildman–Crippen MR) is 96.7 cm³/mol. The highest BCUT2D eigenvalue weighted by Gasteiger charge is 2.25. The molecule has 1 amide bonds. The number of carbonyl (C=O) groups excluding carboxylic acids is 1. The van der Waals surface area contributed by atoms with Crippen molar-refractivity contribution in [2.45, 2.75) is 26.3 Å². The standard InChI is InChI=1S/C18H23N3O2S/c1-3-10-23-15-6-4-14(5-7-15)17-20-16(12-24-17)18(22)21-9-8-19-11-13(21)2/h4-7,12-13,19H,3,8-11H2,1-2H3. The second kappa shape index (κ2) is 7.77. The quantitative estimate of drug-likeness (QED) is 0.905. The van der Waals surface area contributed by atoms with Crippen LogP contribution < -0.4 is 10.1 Å². The molecule has 128 valence electrons. The summed E-state index contributed by atoms with van der Waals surface area (Å²) in [7, 11) is 0. The summed E-state index contributed by atoms with van der Waals surface area (Å²) in [6, 6.07) is 8.08. The van der Waals surface area contributed by atoms with Gasteiger partial charge in [0.25, 0.3) is 5.91 Å². The van der Waals surface area contributed by atoms with Crippen molar-refractivity contribution in [3.63, 3.8) is 0 Å². The maximum atomic E-state index is 12.6. The van der Waals surface area contributed by atoms with Gasteiger partial charge in [-0.05, 0) is 37.6 Å². The summed E-state index contributed by atoms with van der Waals surface area (Å²) >= 11 is 1.50. The Bertz CT molecular complexity index is 684. The van der Waals surface area contributed by atoms with Crippen molar-refractivity contribution >= 4 is 17.2 Å². The first-order chi connectivity index (χ1) is 11.7. The smallest absolute Gasteiger partial charge is 0.273 e. The van der Waals surface area contributed by atoms with Gasteiger partial charge in [0, 0.05) is 36.6 Å². The zero-order chi connectivity index (χ0) is 16.9. The van der Waals surface area contributed by atoms with Crippen LogP contribution in [0.2, 0.25) is 0 Å². The van der Waals surface area contributed by atoms with Crippen LogP contribution in [0.5, 0.6) is 5.75 Å². The van der Waals surface area contributed by atoms with Gasteiger partial charge in [-0.3, -0.25) is 4.79 Å². The summed E-state index contributed by atoms with van der Waals surface area (Å²) in [6.07, 6.45) is 0.990. The molecule has 2 heterocycles. The Morgan fingerprint density at radius 1 is 1.42 bits per heavy atom. The van der Waals surface area contributed by atoms with E-state index >= 15 is 0 Å². The van der Waals surface area contributed by atoms with E-state index in [1.54, 1.807) is 0 Å². The van der Waals surface area contributed by atoms with Gasteiger partial charge in [-0.1, -0.05) is 6.92 Å². The van der Waals surface area contributed by atoms with Crippen LogP contribution in [0.4, 0.5) is 0 Å². The van der Waals surface area contributed by atoms with E-state index < -0.39 is 0 Å². The van der Waals surface area contributed by atoms with Gasteiger partial charge in [0.15, 0.2) is 0 Å². The van der Waals surface area contributed by atoms with Gasteiger partial charge in [0.2, 0.25) is 0 Å². The number of rotatable bonds is 5. The number of hydrogen-bond acceptors (Lipinski definition) is 5. The van der Waals surface area contributed by atoms with E-state index in [0.717, 1.165) is 49.0 Å². The Kier molecular flexibility index (Phi) is 5.48. The largest absolute Gasteiger partial charge is 0.494 e. The van der Waals surface area contributed by atoms with Gasteiger partial charge >= 0.3 is 0 Å². The minimum atomic E-state index is 0.0226. The van der Waals surface area contributed by atoms with Crippen LogP contribution in [0, 0.1) is 0 Å². The zero-order valence-electron chi connectivity index (χ0n) is 14.1. The Morgan fingerprint density at radius 2 is 2.21 bits per heavy atom. The molecule has 0 saturated carbocycles. The molecule has 0 spiro atoms. The molecule has 0 aliphatic carbocycles. The number of nitrogens with one attached hydrogen (secondary N) is 1. The van der Waals surface area contributed by atoms with E-state index in [4.69, 9.17) is 4.74 Å². The summed E-state index contributed by atoms with van der Waals surface area (Å²) in [5.41, 5.74) is 1.55. The van der Waals surface area contributed by atoms with Crippen LogP contribution in [0.15, 0.2) is 29.6 Å². The summed E-state index contributed by atoms with van der Waals surface area (Å²) in [5.74, 6) is 0.887. The van der Waals surface area contributed by atoms with Gasteiger partial charge in [0.05, 0.1) is 6.61 Å². The minimum absolute atomic E-state index is 0.0226. The normalized spacial score (nSPS) is 17.8. The molecule has 24 heavy (non-hydrogen) atoms. The summed E-state index contributed by atoms with van der Waals surface area (Å²) < 4.78 is 5.60. The first kappa shape index (κ1) is 16.9. The van der Waals surface area contributed by atoms with Gasteiger partial charge < -0.3 is 15.0 Å². The van der Waals surface area contributed by atoms with E-state index in [9.17, 15) is 4.79 Å². The van der Waals surface area contributed by atoms with Crippen LogP contribution in [0.3, 0.4) is 0 Å². The second-order valence-corrected chi connectivity index (χ2v) is 6.82. The van der Waals surface area contributed by atoms with Gasteiger partial charge in [-0.2, -0.15) is 0 Å². The van der Waals surface area contributed by atoms with Crippen molar-refractivity contribution in [1.29, 1.82) is 0 Å². The molecule has 0 bridgehead atoms. The summed E-state index contributed by atoms with van der Waals surface area (Å²) in [4.78, 5) is 19.1. The van der Waals surface area contributed by atoms with Crippen LogP contribution in [-0.2, 0) is 0 Å². The Morgan fingerprint density at radius 3 is 2.92 bits per heavy atom. The van der Waals surface area contributed by atoms with Gasteiger partial charge in [0.1, 0.15) is 16.5 Å². The number of carbonyl (C=O) groups is 1. The van der Waals surface area contributed by atoms with Gasteiger partial charge in [-0.15, -0.1) is 11.3 Å². The zero-order valence-corrected chi connectivity index (χ0v) is 14.9. The van der Waals surface area contributed by atoms with E-state index in [1.165, 1.54) is 11.3 Å². The highest BCUT2D eigenvalue weighted by molar-refractivity contribution is 7.13. The molecule has 1 unspecified atom stereocenters. The number of piperazine rings is 1. The lowest BCUT2D eigenvalue weighted by atomic mass is 10.2. The molecule has 3 rings (SSSR count). The maximum Gasteiger partial charge on any atom is 0.273 e. The summed E-state index contributed by atoms with van der Waals surface area (Å²) in [6.45, 7) is 7.27. The van der Waals surface area contributed by atoms with E-state index in [1.807, 2.05) is 34.5 Å². The van der Waals surface area contributed by atoms with Crippen LogP contribution in [0.25, 0.3) is 10.6 Å². The number of ether oxygens (including phenoxy) is 1. The highest BCUT2D eigenvalue weighted by Crippen LogP contribution is 2.26. The molecule has 1 aliphatic heterocycles. The lowest BCUT2D eigenvalue weighted by Crippen LogP contribution is -2.52. The lowest BCUT2D eigenvalue weighted by molar-refractivity contribution is 0.0650. The number of thiazole rings is 1. The molecule has 1 N–H and O–H groups in total. The van der Waals surface area contributed by atoms with E-state index in [2.05, 4.69) is 24.1 Å². The fourth-order valence-electron chi connectivity index (χ4n) is 2.71.